The summed E-state index contributed by atoms with van der Waals surface area (Å²) < 4.78 is 18.8. The summed E-state index contributed by atoms with van der Waals surface area (Å²) in [5.41, 5.74) is 1.76. The number of likely N-dealkylation sites (tertiary alicyclic amines) is 1. The van der Waals surface area contributed by atoms with Crippen LogP contribution in [0.5, 0.6) is 5.75 Å². The summed E-state index contributed by atoms with van der Waals surface area (Å²) in [5.74, 6) is 0.415. The van der Waals surface area contributed by atoms with Crippen LogP contribution in [-0.4, -0.2) is 37.6 Å². The maximum Gasteiger partial charge on any atom is 0.224 e. The number of nitrogens with one attached hydrogen (secondary N) is 1. The number of hydrogen-bond acceptors (Lipinski definition) is 3. The highest BCUT2D eigenvalue weighted by Gasteiger charge is 2.26. The minimum absolute atomic E-state index is 0.0742. The van der Waals surface area contributed by atoms with Gasteiger partial charge in [-0.3, -0.25) is 9.69 Å². The van der Waals surface area contributed by atoms with Crippen LogP contribution in [0.25, 0.3) is 0 Å². The van der Waals surface area contributed by atoms with Gasteiger partial charge in [-0.1, -0.05) is 30.3 Å². The number of carbonyl (C=O) groups is 1. The van der Waals surface area contributed by atoms with Crippen LogP contribution in [0.3, 0.4) is 0 Å². The summed E-state index contributed by atoms with van der Waals surface area (Å²) in [4.78, 5) is 14.7. The molecule has 0 saturated carbocycles. The van der Waals surface area contributed by atoms with E-state index in [9.17, 15) is 9.18 Å². The van der Waals surface area contributed by atoms with E-state index in [-0.39, 0.29) is 24.2 Å². The van der Waals surface area contributed by atoms with Crippen molar-refractivity contribution in [3.8, 4) is 5.75 Å². The van der Waals surface area contributed by atoms with E-state index in [1.807, 2.05) is 18.2 Å². The number of halogens is 1. The van der Waals surface area contributed by atoms with Crippen molar-refractivity contribution in [2.45, 2.75) is 25.3 Å². The van der Waals surface area contributed by atoms with Crippen molar-refractivity contribution in [1.82, 2.24) is 10.2 Å². The number of methoxy groups -OCH3 is 1. The molecule has 1 aliphatic rings. The molecule has 0 radical (unpaired) electrons. The Balaban J connectivity index is 1.69. The summed E-state index contributed by atoms with van der Waals surface area (Å²) in [5, 5.41) is 3.02. The first-order valence-electron chi connectivity index (χ1n) is 9.05. The Morgan fingerprint density at radius 1 is 1.19 bits per heavy atom. The Morgan fingerprint density at radius 3 is 2.69 bits per heavy atom. The van der Waals surface area contributed by atoms with Crippen molar-refractivity contribution < 1.29 is 13.9 Å². The van der Waals surface area contributed by atoms with Crippen molar-refractivity contribution in [2.75, 3.05) is 26.7 Å². The first-order chi connectivity index (χ1) is 12.7. The van der Waals surface area contributed by atoms with Crippen molar-refractivity contribution in [2.24, 2.45) is 0 Å². The summed E-state index contributed by atoms with van der Waals surface area (Å²) in [6, 6.07) is 14.2. The second-order valence-electron chi connectivity index (χ2n) is 6.61. The molecule has 26 heavy (non-hydrogen) atoms. The van der Waals surface area contributed by atoms with E-state index in [1.54, 1.807) is 19.2 Å². The molecule has 3 rings (SSSR count). The predicted octanol–water partition coefficient (Wildman–Crippen LogP) is 3.33. The van der Waals surface area contributed by atoms with Crippen LogP contribution in [0.2, 0.25) is 0 Å². The Labute approximate surface area is 154 Å². The zero-order valence-corrected chi connectivity index (χ0v) is 15.1. The molecule has 4 nitrogen and oxygen atoms in total. The number of carbonyl (C=O) groups excluding carboxylic acids is 1. The van der Waals surface area contributed by atoms with Crippen LogP contribution in [0, 0.1) is 5.82 Å². The highest BCUT2D eigenvalue weighted by atomic mass is 19.1. The van der Waals surface area contributed by atoms with Gasteiger partial charge in [0.05, 0.1) is 19.6 Å². The largest absolute Gasteiger partial charge is 0.496 e. The molecule has 1 aliphatic heterocycles. The van der Waals surface area contributed by atoms with Crippen LogP contribution in [0.1, 0.15) is 30.0 Å². The lowest BCUT2D eigenvalue weighted by atomic mass is 10.0. The van der Waals surface area contributed by atoms with E-state index in [4.69, 9.17) is 4.74 Å². The smallest absolute Gasteiger partial charge is 0.224 e. The second kappa shape index (κ2) is 8.81. The third-order valence-corrected chi connectivity index (χ3v) is 4.83. The predicted molar refractivity (Wildman–Crippen MR) is 99.7 cm³/mol. The first-order valence-corrected chi connectivity index (χ1v) is 9.05. The van der Waals surface area contributed by atoms with E-state index in [0.717, 1.165) is 24.4 Å². The molecule has 1 heterocycles. The number of hydrogen-bond donors (Lipinski definition) is 1. The number of ether oxygens (including phenoxy) is 1. The lowest BCUT2D eigenvalue weighted by molar-refractivity contribution is -0.120. The molecule has 138 valence electrons. The van der Waals surface area contributed by atoms with Gasteiger partial charge in [-0.15, -0.1) is 0 Å². The zero-order chi connectivity index (χ0) is 18.4. The van der Waals surface area contributed by atoms with E-state index in [0.29, 0.717) is 12.1 Å². The molecule has 0 aromatic heterocycles. The lowest BCUT2D eigenvalue weighted by Gasteiger charge is -2.29. The third-order valence-electron chi connectivity index (χ3n) is 4.83. The van der Waals surface area contributed by atoms with Gasteiger partial charge in [0.1, 0.15) is 11.6 Å². The molecule has 1 atom stereocenters. The molecule has 0 aliphatic carbocycles. The van der Waals surface area contributed by atoms with Gasteiger partial charge in [0, 0.05) is 12.1 Å². The molecule has 0 bridgehead atoms. The summed E-state index contributed by atoms with van der Waals surface area (Å²) in [7, 11) is 1.67. The van der Waals surface area contributed by atoms with E-state index >= 15 is 0 Å². The average molecular weight is 356 g/mol. The second-order valence-corrected chi connectivity index (χ2v) is 6.61. The SMILES string of the molecule is COc1ccccc1C(CNC(=O)Cc1cccc(F)c1)N1CCCC1. The standard InChI is InChI=1S/C21H25FN2O2/c1-26-20-10-3-2-9-18(20)19(24-11-4-5-12-24)15-23-21(25)14-16-7-6-8-17(22)13-16/h2-3,6-10,13,19H,4-5,11-12,14-15H2,1H3,(H,23,25). The molecule has 1 N–H and O–H groups in total. The Bertz CT molecular complexity index is 744. The summed E-state index contributed by atoms with van der Waals surface area (Å²) in [6.07, 6.45) is 2.52. The highest BCUT2D eigenvalue weighted by molar-refractivity contribution is 5.78. The molecule has 1 amide bonds. The van der Waals surface area contributed by atoms with Crippen LogP contribution in [-0.2, 0) is 11.2 Å². The fraction of sp³-hybridized carbons (Fsp3) is 0.381. The van der Waals surface area contributed by atoms with E-state index in [2.05, 4.69) is 16.3 Å². The Kier molecular flexibility index (Phi) is 6.23. The molecular weight excluding hydrogens is 331 g/mol. The molecule has 0 spiro atoms. The molecule has 1 saturated heterocycles. The fourth-order valence-electron chi connectivity index (χ4n) is 3.54. The number of nitrogens with zero attached hydrogens (tertiary/aromatic N) is 1. The molecule has 5 heteroatoms. The van der Waals surface area contributed by atoms with Gasteiger partial charge in [0.25, 0.3) is 0 Å². The van der Waals surface area contributed by atoms with Gasteiger partial charge < -0.3 is 10.1 Å². The van der Waals surface area contributed by atoms with Gasteiger partial charge >= 0.3 is 0 Å². The molecule has 2 aromatic rings. The van der Waals surface area contributed by atoms with Crippen LogP contribution >= 0.6 is 0 Å². The Hall–Kier alpha value is -2.40. The van der Waals surface area contributed by atoms with Gasteiger partial charge in [0.2, 0.25) is 5.91 Å². The van der Waals surface area contributed by atoms with Crippen molar-refractivity contribution in [3.63, 3.8) is 0 Å². The molecular formula is C21H25FN2O2. The first kappa shape index (κ1) is 18.4. The quantitative estimate of drug-likeness (QED) is 0.827. The van der Waals surface area contributed by atoms with Crippen LogP contribution in [0.4, 0.5) is 4.39 Å². The summed E-state index contributed by atoms with van der Waals surface area (Å²) >= 11 is 0. The molecule has 1 unspecified atom stereocenters. The number of amides is 1. The topological polar surface area (TPSA) is 41.6 Å². The fourth-order valence-corrected chi connectivity index (χ4v) is 3.54. The zero-order valence-electron chi connectivity index (χ0n) is 15.1. The normalized spacial score (nSPS) is 15.6. The average Bonchev–Trinajstić information content (AvgIpc) is 3.17. The van der Waals surface area contributed by atoms with Crippen LogP contribution in [0.15, 0.2) is 48.5 Å². The van der Waals surface area contributed by atoms with Crippen molar-refractivity contribution in [3.05, 3.63) is 65.5 Å². The highest BCUT2D eigenvalue weighted by Crippen LogP contribution is 2.31. The van der Waals surface area contributed by atoms with Crippen molar-refractivity contribution in [1.29, 1.82) is 0 Å². The van der Waals surface area contributed by atoms with Crippen molar-refractivity contribution >= 4 is 5.91 Å². The number of para-hydroxylation sites is 1. The summed E-state index contributed by atoms with van der Waals surface area (Å²) in [6.45, 7) is 2.54. The van der Waals surface area contributed by atoms with Gasteiger partial charge in [-0.05, 0) is 49.7 Å². The van der Waals surface area contributed by atoms with Crippen LogP contribution < -0.4 is 10.1 Å². The molecule has 2 aromatic carbocycles. The monoisotopic (exact) mass is 356 g/mol. The number of rotatable bonds is 7. The van der Waals surface area contributed by atoms with E-state index < -0.39 is 0 Å². The minimum Gasteiger partial charge on any atom is -0.496 e. The third kappa shape index (κ3) is 4.61. The maximum absolute atomic E-state index is 13.3. The molecule has 1 fully saturated rings. The van der Waals surface area contributed by atoms with Gasteiger partial charge in [0.15, 0.2) is 0 Å². The number of benzene rings is 2. The van der Waals surface area contributed by atoms with E-state index in [1.165, 1.54) is 25.0 Å². The van der Waals surface area contributed by atoms with Gasteiger partial charge in [-0.2, -0.15) is 0 Å². The van der Waals surface area contributed by atoms with Gasteiger partial charge in [-0.25, -0.2) is 4.39 Å². The Morgan fingerprint density at radius 2 is 1.96 bits per heavy atom. The lowest BCUT2D eigenvalue weighted by Crippen LogP contribution is -2.37. The minimum atomic E-state index is -0.320. The maximum atomic E-state index is 13.3.